The number of rotatable bonds is 1. The van der Waals surface area contributed by atoms with Gasteiger partial charge in [0, 0.05) is 31.3 Å². The fourth-order valence-electron chi connectivity index (χ4n) is 2.25. The van der Waals surface area contributed by atoms with Gasteiger partial charge >= 0.3 is 0 Å². The lowest BCUT2D eigenvalue weighted by Crippen LogP contribution is -2.40. The van der Waals surface area contributed by atoms with Crippen molar-refractivity contribution in [1.29, 1.82) is 0 Å². The lowest BCUT2D eigenvalue weighted by atomic mass is 10.1. The molecule has 1 aliphatic rings. The number of hydrogen-bond donors (Lipinski definition) is 0. The summed E-state index contributed by atoms with van der Waals surface area (Å²) >= 11 is 11.8. The highest BCUT2D eigenvalue weighted by Gasteiger charge is 2.35. The summed E-state index contributed by atoms with van der Waals surface area (Å²) in [6, 6.07) is 3.25. The predicted octanol–water partition coefficient (Wildman–Crippen LogP) is 3.57. The molecule has 0 atom stereocenters. The number of hydrogen-bond acceptors (Lipinski definition) is 4. The molecule has 0 bridgehead atoms. The normalized spacial score (nSPS) is 18.5. The molecule has 0 aromatic carbocycles. The molecule has 2 aromatic heterocycles. The van der Waals surface area contributed by atoms with Crippen LogP contribution in [-0.2, 0) is 0 Å². The smallest absolute Gasteiger partial charge is 0.251 e. The summed E-state index contributed by atoms with van der Waals surface area (Å²) in [5.41, 5.74) is 0.518. The molecular formula is C12H10Cl2F2N4. The molecule has 8 heteroatoms. The molecule has 3 rings (SSSR count). The topological polar surface area (TPSA) is 41.9 Å². The summed E-state index contributed by atoms with van der Waals surface area (Å²) in [4.78, 5) is 5.96. The molecule has 0 N–H and O–H groups in total. The Morgan fingerprint density at radius 2 is 1.70 bits per heavy atom. The third-order valence-corrected chi connectivity index (χ3v) is 3.67. The van der Waals surface area contributed by atoms with Crippen LogP contribution in [0.5, 0.6) is 0 Å². The van der Waals surface area contributed by atoms with E-state index in [0.29, 0.717) is 16.7 Å². The van der Waals surface area contributed by atoms with E-state index in [9.17, 15) is 8.78 Å². The molecule has 1 aliphatic heterocycles. The number of aromatic nitrogens is 3. The minimum Gasteiger partial charge on any atom is -0.354 e. The monoisotopic (exact) mass is 318 g/mol. The van der Waals surface area contributed by atoms with Crippen molar-refractivity contribution in [3.8, 4) is 0 Å². The predicted molar refractivity (Wildman–Crippen MR) is 73.7 cm³/mol. The second kappa shape index (κ2) is 4.93. The van der Waals surface area contributed by atoms with E-state index in [2.05, 4.69) is 15.2 Å². The van der Waals surface area contributed by atoms with Gasteiger partial charge in [0.15, 0.2) is 11.0 Å². The van der Waals surface area contributed by atoms with Crippen LogP contribution in [0.2, 0.25) is 10.3 Å². The molecule has 0 saturated carbocycles. The molecule has 3 heterocycles. The Hall–Kier alpha value is -1.27. The van der Waals surface area contributed by atoms with Crippen molar-refractivity contribution >= 4 is 39.9 Å². The van der Waals surface area contributed by atoms with Gasteiger partial charge in [-0.2, -0.15) is 0 Å². The lowest BCUT2D eigenvalue weighted by molar-refractivity contribution is -0.0221. The van der Waals surface area contributed by atoms with E-state index in [1.165, 1.54) is 0 Å². The van der Waals surface area contributed by atoms with Gasteiger partial charge in [0.1, 0.15) is 10.7 Å². The van der Waals surface area contributed by atoms with Gasteiger partial charge in [0.05, 0.1) is 0 Å². The van der Waals surface area contributed by atoms with Gasteiger partial charge in [0.2, 0.25) is 0 Å². The maximum absolute atomic E-state index is 13.2. The average molecular weight is 319 g/mol. The molecule has 1 fully saturated rings. The maximum atomic E-state index is 13.2. The largest absolute Gasteiger partial charge is 0.354 e. The van der Waals surface area contributed by atoms with E-state index in [4.69, 9.17) is 23.2 Å². The Bertz CT molecular complexity index is 650. The number of fused-ring (bicyclic) bond motifs is 1. The molecule has 0 spiro atoms. The second-order valence-corrected chi connectivity index (χ2v) is 5.49. The Kier molecular flexibility index (Phi) is 3.38. The third kappa shape index (κ3) is 2.62. The van der Waals surface area contributed by atoms with Crippen LogP contribution in [0.15, 0.2) is 12.1 Å². The number of piperidine rings is 1. The van der Waals surface area contributed by atoms with E-state index in [1.807, 2.05) is 0 Å². The van der Waals surface area contributed by atoms with Crippen LogP contribution in [-0.4, -0.2) is 34.2 Å². The first-order chi connectivity index (χ1) is 9.44. The minimum atomic E-state index is -2.61. The van der Waals surface area contributed by atoms with E-state index >= 15 is 0 Å². The molecule has 1 saturated heterocycles. The van der Waals surface area contributed by atoms with Crippen molar-refractivity contribution in [3.63, 3.8) is 0 Å². The van der Waals surface area contributed by atoms with Gasteiger partial charge in [-0.1, -0.05) is 23.2 Å². The molecule has 4 nitrogen and oxygen atoms in total. The Morgan fingerprint density at radius 1 is 1.05 bits per heavy atom. The first-order valence-electron chi connectivity index (χ1n) is 6.07. The van der Waals surface area contributed by atoms with Crippen LogP contribution in [0.1, 0.15) is 12.8 Å². The second-order valence-electron chi connectivity index (χ2n) is 4.72. The van der Waals surface area contributed by atoms with E-state index in [0.717, 1.165) is 0 Å². The van der Waals surface area contributed by atoms with Crippen LogP contribution < -0.4 is 4.90 Å². The van der Waals surface area contributed by atoms with Crippen molar-refractivity contribution in [1.82, 2.24) is 15.2 Å². The number of nitrogens with zero attached hydrogens (tertiary/aromatic N) is 4. The van der Waals surface area contributed by atoms with Crippen molar-refractivity contribution in [2.45, 2.75) is 18.8 Å². The van der Waals surface area contributed by atoms with Crippen LogP contribution in [0.4, 0.5) is 14.6 Å². The van der Waals surface area contributed by atoms with E-state index in [-0.39, 0.29) is 36.2 Å². The van der Waals surface area contributed by atoms with Crippen molar-refractivity contribution in [3.05, 3.63) is 22.4 Å². The molecular weight excluding hydrogens is 309 g/mol. The van der Waals surface area contributed by atoms with E-state index in [1.54, 1.807) is 17.0 Å². The Balaban J connectivity index is 2.03. The molecule has 0 aliphatic carbocycles. The minimum absolute atomic E-state index is 0.205. The molecule has 0 unspecified atom stereocenters. The SMILES string of the molecule is FC1(F)CCN(c2nc(Cl)cc3cc(Cl)nnc23)CC1. The molecule has 20 heavy (non-hydrogen) atoms. The molecule has 2 aromatic rings. The van der Waals surface area contributed by atoms with Gasteiger partial charge < -0.3 is 4.90 Å². The Labute approximate surface area is 123 Å². The number of halogens is 4. The zero-order valence-corrected chi connectivity index (χ0v) is 11.8. The summed E-state index contributed by atoms with van der Waals surface area (Å²) in [6.45, 7) is 0.416. The summed E-state index contributed by atoms with van der Waals surface area (Å²) in [6.07, 6.45) is -0.409. The average Bonchev–Trinajstić information content (AvgIpc) is 2.37. The summed E-state index contributed by atoms with van der Waals surface area (Å²) in [7, 11) is 0. The van der Waals surface area contributed by atoms with Gasteiger partial charge in [-0.15, -0.1) is 10.2 Å². The zero-order valence-electron chi connectivity index (χ0n) is 10.3. The first-order valence-corrected chi connectivity index (χ1v) is 6.82. The van der Waals surface area contributed by atoms with Gasteiger partial charge in [-0.3, -0.25) is 0 Å². The third-order valence-electron chi connectivity index (χ3n) is 3.29. The fraction of sp³-hybridized carbons (Fsp3) is 0.417. The van der Waals surface area contributed by atoms with Gasteiger partial charge in [0.25, 0.3) is 5.92 Å². The summed E-state index contributed by atoms with van der Waals surface area (Å²) < 4.78 is 26.4. The van der Waals surface area contributed by atoms with Gasteiger partial charge in [-0.05, 0) is 12.1 Å². The first kappa shape index (κ1) is 13.7. The highest BCUT2D eigenvalue weighted by molar-refractivity contribution is 6.31. The highest BCUT2D eigenvalue weighted by Crippen LogP contribution is 2.33. The molecule has 106 valence electrons. The molecule has 0 radical (unpaired) electrons. The van der Waals surface area contributed by atoms with Crippen LogP contribution in [0.3, 0.4) is 0 Å². The van der Waals surface area contributed by atoms with Crippen LogP contribution in [0.25, 0.3) is 10.9 Å². The van der Waals surface area contributed by atoms with Crippen LogP contribution in [0, 0.1) is 0 Å². The molecule has 0 amide bonds. The highest BCUT2D eigenvalue weighted by atomic mass is 35.5. The van der Waals surface area contributed by atoms with Crippen molar-refractivity contribution < 1.29 is 8.78 Å². The van der Waals surface area contributed by atoms with Crippen molar-refractivity contribution in [2.75, 3.05) is 18.0 Å². The summed E-state index contributed by atoms with van der Waals surface area (Å²) in [5, 5.41) is 8.99. The number of pyridine rings is 1. The standard InChI is InChI=1S/C12H10Cl2F2N4/c13-8-5-7-6-9(14)18-19-10(7)11(17-8)20-3-1-12(15,16)2-4-20/h5-6H,1-4H2. The quantitative estimate of drug-likeness (QED) is 0.754. The maximum Gasteiger partial charge on any atom is 0.251 e. The van der Waals surface area contributed by atoms with Crippen molar-refractivity contribution in [2.24, 2.45) is 0 Å². The zero-order chi connectivity index (χ0) is 14.3. The summed E-state index contributed by atoms with van der Waals surface area (Å²) in [5.74, 6) is -2.13. The van der Waals surface area contributed by atoms with Gasteiger partial charge in [-0.25, -0.2) is 13.8 Å². The lowest BCUT2D eigenvalue weighted by Gasteiger charge is -2.32. The number of anilines is 1. The fourth-order valence-corrected chi connectivity index (χ4v) is 2.60. The number of alkyl halides is 2. The van der Waals surface area contributed by atoms with E-state index < -0.39 is 5.92 Å². The van der Waals surface area contributed by atoms with Crippen LogP contribution >= 0.6 is 23.2 Å². The Morgan fingerprint density at radius 3 is 2.40 bits per heavy atom.